The Balaban J connectivity index is 2.06. The molecular formula is C19H20F2N2O2. The summed E-state index contributed by atoms with van der Waals surface area (Å²) in [6, 6.07) is 6.21. The molecule has 0 saturated heterocycles. The average Bonchev–Trinajstić information content (AvgIpc) is 2.44. The largest absolute Gasteiger partial charge is 0.346 e. The summed E-state index contributed by atoms with van der Waals surface area (Å²) in [6.07, 6.45) is 1.43. The summed E-state index contributed by atoms with van der Waals surface area (Å²) < 4.78 is 26.4. The standard InChI is InChI=1S/C19H20F2N2O2/c1-19(2,3)23-18(25)17-10-12(4-5-22-17)8-16(24)9-13-6-14(20)11-15(21)7-13/h4-7,10-11H,8-9H2,1-3H3,(H,23,25). The molecule has 0 bridgehead atoms. The fraction of sp³-hybridized carbons (Fsp3) is 0.316. The van der Waals surface area contributed by atoms with E-state index in [0.29, 0.717) is 5.56 Å². The normalized spacial score (nSPS) is 11.2. The number of nitrogens with one attached hydrogen (secondary N) is 1. The minimum absolute atomic E-state index is 0.0520. The number of amides is 1. The molecule has 1 N–H and O–H groups in total. The summed E-state index contributed by atoms with van der Waals surface area (Å²) in [5.74, 6) is -1.96. The van der Waals surface area contributed by atoms with Crippen LogP contribution in [0.2, 0.25) is 0 Å². The molecule has 2 aromatic rings. The number of aromatic nitrogens is 1. The van der Waals surface area contributed by atoms with Gasteiger partial charge in [0.15, 0.2) is 0 Å². The first-order valence-electron chi connectivity index (χ1n) is 7.86. The number of hydrogen-bond acceptors (Lipinski definition) is 3. The minimum atomic E-state index is -0.715. The van der Waals surface area contributed by atoms with Gasteiger partial charge in [0.05, 0.1) is 0 Å². The van der Waals surface area contributed by atoms with Crippen molar-refractivity contribution in [2.24, 2.45) is 0 Å². The maximum absolute atomic E-state index is 13.2. The lowest BCUT2D eigenvalue weighted by Gasteiger charge is -2.20. The number of pyridine rings is 1. The predicted molar refractivity (Wildman–Crippen MR) is 90.2 cm³/mol. The maximum Gasteiger partial charge on any atom is 0.270 e. The first kappa shape index (κ1) is 18.7. The van der Waals surface area contributed by atoms with Gasteiger partial charge in [-0.05, 0) is 56.2 Å². The van der Waals surface area contributed by atoms with Crippen LogP contribution in [0.5, 0.6) is 0 Å². The molecule has 4 nitrogen and oxygen atoms in total. The smallest absolute Gasteiger partial charge is 0.270 e. The lowest BCUT2D eigenvalue weighted by Crippen LogP contribution is -2.40. The molecule has 0 aliphatic rings. The molecule has 0 unspecified atom stereocenters. The topological polar surface area (TPSA) is 59.1 Å². The molecule has 0 atom stereocenters. The van der Waals surface area contributed by atoms with Crippen LogP contribution in [0.15, 0.2) is 36.5 Å². The lowest BCUT2D eigenvalue weighted by atomic mass is 10.0. The van der Waals surface area contributed by atoms with Gasteiger partial charge in [-0.3, -0.25) is 14.6 Å². The summed E-state index contributed by atoms with van der Waals surface area (Å²) in [5.41, 5.74) is 0.724. The van der Waals surface area contributed by atoms with Gasteiger partial charge >= 0.3 is 0 Å². The molecule has 0 fully saturated rings. The first-order valence-corrected chi connectivity index (χ1v) is 7.86. The van der Waals surface area contributed by atoms with E-state index < -0.39 is 17.2 Å². The third-order valence-corrected chi connectivity index (χ3v) is 3.27. The molecule has 0 saturated carbocycles. The molecule has 0 spiro atoms. The molecule has 1 aromatic heterocycles. The highest BCUT2D eigenvalue weighted by molar-refractivity contribution is 5.93. The number of ketones is 1. The van der Waals surface area contributed by atoms with E-state index >= 15 is 0 Å². The quantitative estimate of drug-likeness (QED) is 0.904. The number of carbonyl (C=O) groups is 2. The second-order valence-electron chi connectivity index (χ2n) is 6.92. The highest BCUT2D eigenvalue weighted by atomic mass is 19.1. The zero-order valence-electron chi connectivity index (χ0n) is 14.4. The Kier molecular flexibility index (Phi) is 5.62. The predicted octanol–water partition coefficient (Wildman–Crippen LogP) is 3.24. The molecule has 1 aromatic carbocycles. The van der Waals surface area contributed by atoms with Gasteiger partial charge in [0, 0.05) is 30.6 Å². The van der Waals surface area contributed by atoms with Crippen LogP contribution in [0.25, 0.3) is 0 Å². The second-order valence-corrected chi connectivity index (χ2v) is 6.92. The van der Waals surface area contributed by atoms with Crippen molar-refractivity contribution in [3.8, 4) is 0 Å². The van der Waals surface area contributed by atoms with E-state index in [1.165, 1.54) is 6.20 Å². The van der Waals surface area contributed by atoms with Gasteiger partial charge in [-0.25, -0.2) is 8.78 Å². The van der Waals surface area contributed by atoms with Crippen LogP contribution < -0.4 is 5.32 Å². The molecule has 0 radical (unpaired) electrons. The van der Waals surface area contributed by atoms with Crippen molar-refractivity contribution in [2.75, 3.05) is 0 Å². The average molecular weight is 346 g/mol. The van der Waals surface area contributed by atoms with Gasteiger partial charge in [-0.1, -0.05) is 0 Å². The maximum atomic E-state index is 13.2. The Hall–Kier alpha value is -2.63. The number of nitrogens with zero attached hydrogens (tertiary/aromatic N) is 1. The van der Waals surface area contributed by atoms with Crippen LogP contribution in [0.3, 0.4) is 0 Å². The van der Waals surface area contributed by atoms with Crippen molar-refractivity contribution in [3.05, 3.63) is 65.0 Å². The van der Waals surface area contributed by atoms with Crippen molar-refractivity contribution in [3.63, 3.8) is 0 Å². The summed E-state index contributed by atoms with van der Waals surface area (Å²) in [4.78, 5) is 28.3. The number of Topliss-reactive ketones (excluding diaryl/α,β-unsaturated/α-hetero) is 1. The van der Waals surface area contributed by atoms with Gasteiger partial charge in [0.2, 0.25) is 0 Å². The van der Waals surface area contributed by atoms with Crippen LogP contribution >= 0.6 is 0 Å². The van der Waals surface area contributed by atoms with E-state index in [1.54, 1.807) is 12.1 Å². The Bertz CT molecular complexity index is 778. The summed E-state index contributed by atoms with van der Waals surface area (Å²) in [7, 11) is 0. The Morgan fingerprint density at radius 2 is 1.60 bits per heavy atom. The van der Waals surface area contributed by atoms with E-state index in [1.807, 2.05) is 20.8 Å². The molecule has 1 heterocycles. The van der Waals surface area contributed by atoms with Gasteiger partial charge in [0.25, 0.3) is 5.91 Å². The molecule has 0 aliphatic carbocycles. The fourth-order valence-electron chi connectivity index (χ4n) is 2.34. The van der Waals surface area contributed by atoms with Crippen molar-refractivity contribution in [1.29, 1.82) is 0 Å². The summed E-state index contributed by atoms with van der Waals surface area (Å²) in [6.45, 7) is 5.57. The van der Waals surface area contributed by atoms with Gasteiger partial charge in [0.1, 0.15) is 23.1 Å². The lowest BCUT2D eigenvalue weighted by molar-refractivity contribution is -0.117. The molecule has 2 rings (SSSR count). The monoisotopic (exact) mass is 346 g/mol. The van der Waals surface area contributed by atoms with Crippen molar-refractivity contribution >= 4 is 11.7 Å². The van der Waals surface area contributed by atoms with Crippen LogP contribution in [0, 0.1) is 11.6 Å². The Labute approximate surface area is 145 Å². The van der Waals surface area contributed by atoms with Gasteiger partial charge < -0.3 is 5.32 Å². The van der Waals surface area contributed by atoms with Crippen molar-refractivity contribution in [2.45, 2.75) is 39.2 Å². The molecule has 1 amide bonds. The molecule has 25 heavy (non-hydrogen) atoms. The minimum Gasteiger partial charge on any atom is -0.346 e. The Morgan fingerprint density at radius 3 is 2.20 bits per heavy atom. The SMILES string of the molecule is CC(C)(C)NC(=O)c1cc(CC(=O)Cc2cc(F)cc(F)c2)ccn1. The zero-order valence-corrected chi connectivity index (χ0v) is 14.4. The number of rotatable bonds is 5. The number of hydrogen-bond donors (Lipinski definition) is 1. The van der Waals surface area contributed by atoms with Crippen LogP contribution in [0.4, 0.5) is 8.78 Å². The van der Waals surface area contributed by atoms with Crippen molar-refractivity contribution < 1.29 is 18.4 Å². The highest BCUT2D eigenvalue weighted by Crippen LogP contribution is 2.11. The second kappa shape index (κ2) is 7.51. The molecule has 0 aliphatic heterocycles. The summed E-state index contributed by atoms with van der Waals surface area (Å²) in [5, 5.41) is 2.80. The van der Waals surface area contributed by atoms with Crippen LogP contribution in [0.1, 0.15) is 42.4 Å². The molecule has 132 valence electrons. The van der Waals surface area contributed by atoms with E-state index in [-0.39, 0.29) is 35.8 Å². The van der Waals surface area contributed by atoms with Crippen molar-refractivity contribution in [1.82, 2.24) is 10.3 Å². The van der Waals surface area contributed by atoms with E-state index in [9.17, 15) is 18.4 Å². The molecule has 6 heteroatoms. The van der Waals surface area contributed by atoms with E-state index in [0.717, 1.165) is 18.2 Å². The summed E-state index contributed by atoms with van der Waals surface area (Å²) >= 11 is 0. The molecular weight excluding hydrogens is 326 g/mol. The third kappa shape index (κ3) is 6.06. The van der Waals surface area contributed by atoms with Crippen LogP contribution in [-0.2, 0) is 17.6 Å². The number of carbonyl (C=O) groups excluding carboxylic acids is 2. The van der Waals surface area contributed by atoms with Crippen LogP contribution in [-0.4, -0.2) is 22.2 Å². The van der Waals surface area contributed by atoms with E-state index in [2.05, 4.69) is 10.3 Å². The Morgan fingerprint density at radius 1 is 1.00 bits per heavy atom. The first-order chi connectivity index (χ1) is 11.6. The van der Waals surface area contributed by atoms with Gasteiger partial charge in [-0.15, -0.1) is 0 Å². The number of benzene rings is 1. The number of halogens is 2. The highest BCUT2D eigenvalue weighted by Gasteiger charge is 2.17. The third-order valence-electron chi connectivity index (χ3n) is 3.27. The van der Waals surface area contributed by atoms with Gasteiger partial charge in [-0.2, -0.15) is 0 Å². The fourth-order valence-corrected chi connectivity index (χ4v) is 2.34. The van der Waals surface area contributed by atoms with E-state index in [4.69, 9.17) is 0 Å². The zero-order chi connectivity index (χ0) is 18.6.